The first-order valence-corrected chi connectivity index (χ1v) is 7.00. The summed E-state index contributed by atoms with van der Waals surface area (Å²) < 4.78 is 6.36. The Hall–Kier alpha value is -0.0800. The average molecular weight is 225 g/mol. The summed E-state index contributed by atoms with van der Waals surface area (Å²) in [5.74, 6) is 0.926. The molecular formula is C14H27NO. The molecule has 1 saturated carbocycles. The standard InChI is InChI=1S/C14H27NO/c1-4-12-6-5-8-14(9-7-12)15-11-10-13(2,3)16-14/h12,15H,4-11H2,1-3H3. The Balaban J connectivity index is 2.01. The Morgan fingerprint density at radius 2 is 2.00 bits per heavy atom. The van der Waals surface area contributed by atoms with Gasteiger partial charge < -0.3 is 4.74 Å². The van der Waals surface area contributed by atoms with Gasteiger partial charge in [-0.15, -0.1) is 0 Å². The lowest BCUT2D eigenvalue weighted by Gasteiger charge is -2.46. The van der Waals surface area contributed by atoms with E-state index in [1.54, 1.807) is 0 Å². The fourth-order valence-electron chi connectivity index (χ4n) is 3.28. The Morgan fingerprint density at radius 1 is 1.19 bits per heavy atom. The molecule has 0 radical (unpaired) electrons. The van der Waals surface area contributed by atoms with E-state index in [2.05, 4.69) is 26.1 Å². The van der Waals surface area contributed by atoms with E-state index in [4.69, 9.17) is 4.74 Å². The topological polar surface area (TPSA) is 21.3 Å². The lowest BCUT2D eigenvalue weighted by Crippen LogP contribution is -2.57. The number of hydrogen-bond acceptors (Lipinski definition) is 2. The molecule has 0 aromatic rings. The molecule has 2 nitrogen and oxygen atoms in total. The van der Waals surface area contributed by atoms with Gasteiger partial charge in [0.2, 0.25) is 0 Å². The fourth-order valence-corrected chi connectivity index (χ4v) is 3.28. The summed E-state index contributed by atoms with van der Waals surface area (Å²) in [5, 5.41) is 3.65. The number of ether oxygens (including phenoxy) is 1. The molecule has 2 fully saturated rings. The van der Waals surface area contributed by atoms with Crippen molar-refractivity contribution in [3.63, 3.8) is 0 Å². The van der Waals surface area contributed by atoms with Crippen LogP contribution in [0, 0.1) is 5.92 Å². The quantitative estimate of drug-likeness (QED) is 0.738. The van der Waals surface area contributed by atoms with Crippen LogP contribution in [-0.4, -0.2) is 17.9 Å². The molecule has 1 aliphatic heterocycles. The van der Waals surface area contributed by atoms with Gasteiger partial charge in [-0.2, -0.15) is 0 Å². The molecule has 1 aliphatic carbocycles. The fraction of sp³-hybridized carbons (Fsp3) is 1.00. The highest BCUT2D eigenvalue weighted by atomic mass is 16.5. The summed E-state index contributed by atoms with van der Waals surface area (Å²) in [6, 6.07) is 0. The van der Waals surface area contributed by atoms with Gasteiger partial charge >= 0.3 is 0 Å². The minimum atomic E-state index is 0.00562. The third-order valence-electron chi connectivity index (χ3n) is 4.37. The monoisotopic (exact) mass is 225 g/mol. The zero-order chi connectivity index (χ0) is 11.6. The van der Waals surface area contributed by atoms with Gasteiger partial charge in [0.1, 0.15) is 5.72 Å². The van der Waals surface area contributed by atoms with Gasteiger partial charge in [-0.05, 0) is 51.9 Å². The van der Waals surface area contributed by atoms with Crippen LogP contribution in [0.15, 0.2) is 0 Å². The molecule has 16 heavy (non-hydrogen) atoms. The van der Waals surface area contributed by atoms with Crippen LogP contribution in [0.4, 0.5) is 0 Å². The normalized spacial score (nSPS) is 39.6. The van der Waals surface area contributed by atoms with E-state index in [9.17, 15) is 0 Å². The first kappa shape index (κ1) is 12.4. The van der Waals surface area contributed by atoms with Crippen LogP contribution in [0.1, 0.15) is 65.7 Å². The van der Waals surface area contributed by atoms with Crippen molar-refractivity contribution in [2.75, 3.05) is 6.54 Å². The summed E-state index contributed by atoms with van der Waals surface area (Å²) in [4.78, 5) is 0. The van der Waals surface area contributed by atoms with E-state index < -0.39 is 0 Å². The zero-order valence-corrected chi connectivity index (χ0v) is 11.1. The number of hydrogen-bond donors (Lipinski definition) is 1. The Morgan fingerprint density at radius 3 is 2.69 bits per heavy atom. The van der Waals surface area contributed by atoms with Crippen LogP contribution in [0.3, 0.4) is 0 Å². The first-order chi connectivity index (χ1) is 7.55. The molecule has 1 N–H and O–H groups in total. The molecule has 2 atom stereocenters. The van der Waals surface area contributed by atoms with Gasteiger partial charge in [0, 0.05) is 6.54 Å². The third-order valence-corrected chi connectivity index (χ3v) is 4.37. The molecular weight excluding hydrogens is 198 g/mol. The van der Waals surface area contributed by atoms with Gasteiger partial charge in [0.05, 0.1) is 5.60 Å². The molecule has 0 bridgehead atoms. The molecule has 94 valence electrons. The smallest absolute Gasteiger partial charge is 0.119 e. The number of rotatable bonds is 1. The van der Waals surface area contributed by atoms with Crippen molar-refractivity contribution in [3.05, 3.63) is 0 Å². The van der Waals surface area contributed by atoms with E-state index in [0.717, 1.165) is 18.9 Å². The van der Waals surface area contributed by atoms with Crippen molar-refractivity contribution in [2.45, 2.75) is 77.0 Å². The van der Waals surface area contributed by atoms with Crippen LogP contribution in [0.5, 0.6) is 0 Å². The first-order valence-electron chi connectivity index (χ1n) is 7.00. The van der Waals surface area contributed by atoms with Crippen molar-refractivity contribution in [1.29, 1.82) is 0 Å². The minimum absolute atomic E-state index is 0.00562. The number of nitrogens with one attached hydrogen (secondary N) is 1. The minimum Gasteiger partial charge on any atom is -0.355 e. The second kappa shape index (κ2) is 4.66. The van der Waals surface area contributed by atoms with Crippen LogP contribution < -0.4 is 5.32 Å². The van der Waals surface area contributed by atoms with Crippen molar-refractivity contribution in [2.24, 2.45) is 5.92 Å². The summed E-state index contributed by atoms with van der Waals surface area (Å²) >= 11 is 0. The lowest BCUT2D eigenvalue weighted by molar-refractivity contribution is -0.191. The Kier molecular flexibility index (Phi) is 3.60. The second-order valence-electron chi connectivity index (χ2n) is 6.24. The van der Waals surface area contributed by atoms with E-state index in [-0.39, 0.29) is 11.3 Å². The van der Waals surface area contributed by atoms with Crippen LogP contribution >= 0.6 is 0 Å². The van der Waals surface area contributed by atoms with E-state index in [0.29, 0.717) is 0 Å². The Labute approximate surface area is 100 Å². The molecule has 2 aliphatic rings. The van der Waals surface area contributed by atoms with Gasteiger partial charge in [-0.3, -0.25) is 5.32 Å². The molecule has 2 heteroatoms. The Bertz CT molecular complexity index is 239. The summed E-state index contributed by atoms with van der Waals surface area (Å²) in [6.45, 7) is 7.90. The molecule has 0 aromatic carbocycles. The van der Waals surface area contributed by atoms with E-state index in [1.165, 1.54) is 38.5 Å². The van der Waals surface area contributed by atoms with Gasteiger partial charge in [-0.25, -0.2) is 0 Å². The van der Waals surface area contributed by atoms with E-state index >= 15 is 0 Å². The summed E-state index contributed by atoms with van der Waals surface area (Å²) in [6.07, 6.45) is 8.91. The zero-order valence-electron chi connectivity index (χ0n) is 11.1. The lowest BCUT2D eigenvalue weighted by atomic mass is 9.94. The highest BCUT2D eigenvalue weighted by Crippen LogP contribution is 2.38. The summed E-state index contributed by atoms with van der Waals surface area (Å²) in [7, 11) is 0. The SMILES string of the molecule is CCC1CCCC2(CC1)NCCC(C)(C)O2. The molecule has 2 rings (SSSR count). The predicted molar refractivity (Wildman–Crippen MR) is 67.4 cm³/mol. The van der Waals surface area contributed by atoms with Crippen LogP contribution in [-0.2, 0) is 4.74 Å². The molecule has 0 aromatic heterocycles. The average Bonchev–Trinajstić information content (AvgIpc) is 2.39. The predicted octanol–water partition coefficient (Wildman–Crippen LogP) is 3.46. The molecule has 1 heterocycles. The molecule has 2 unspecified atom stereocenters. The second-order valence-corrected chi connectivity index (χ2v) is 6.24. The maximum absolute atomic E-state index is 6.36. The van der Waals surface area contributed by atoms with Crippen LogP contribution in [0.2, 0.25) is 0 Å². The maximum atomic E-state index is 6.36. The van der Waals surface area contributed by atoms with Crippen molar-refractivity contribution in [1.82, 2.24) is 5.32 Å². The van der Waals surface area contributed by atoms with Gasteiger partial charge in [0.25, 0.3) is 0 Å². The van der Waals surface area contributed by atoms with Crippen molar-refractivity contribution >= 4 is 0 Å². The molecule has 0 amide bonds. The highest BCUT2D eigenvalue weighted by Gasteiger charge is 2.41. The largest absolute Gasteiger partial charge is 0.355 e. The van der Waals surface area contributed by atoms with Crippen molar-refractivity contribution < 1.29 is 4.74 Å². The third kappa shape index (κ3) is 2.78. The molecule has 1 spiro atoms. The van der Waals surface area contributed by atoms with E-state index in [1.807, 2.05) is 0 Å². The van der Waals surface area contributed by atoms with Crippen molar-refractivity contribution in [3.8, 4) is 0 Å². The summed E-state index contributed by atoms with van der Waals surface area (Å²) in [5.41, 5.74) is 0.0724. The van der Waals surface area contributed by atoms with Crippen LogP contribution in [0.25, 0.3) is 0 Å². The van der Waals surface area contributed by atoms with Gasteiger partial charge in [-0.1, -0.05) is 19.8 Å². The van der Waals surface area contributed by atoms with Gasteiger partial charge in [0.15, 0.2) is 0 Å². The highest BCUT2D eigenvalue weighted by molar-refractivity contribution is 4.90. The molecule has 1 saturated heterocycles. The maximum Gasteiger partial charge on any atom is 0.119 e.